The van der Waals surface area contributed by atoms with E-state index in [-0.39, 0.29) is 83.6 Å². The van der Waals surface area contributed by atoms with E-state index < -0.39 is 65.5 Å². The Balaban J connectivity index is 1.15. The Kier molecular flexibility index (Phi) is 10.8. The summed E-state index contributed by atoms with van der Waals surface area (Å²) in [6, 6.07) is 20.8. The molecule has 4 aliphatic rings. The molecule has 1 aromatic heterocycles. The first-order valence-electron chi connectivity index (χ1n) is 19.5. The highest BCUT2D eigenvalue weighted by molar-refractivity contribution is 7.83. The maximum atomic E-state index is 17.4. The summed E-state index contributed by atoms with van der Waals surface area (Å²) in [7, 11) is -4.02. The number of ether oxygens (including phenoxy) is 1. The molecule has 5 aromatic rings. The fourth-order valence-electron chi connectivity index (χ4n) is 8.07. The molecule has 9 rings (SSSR count). The molecule has 4 aromatic carbocycles. The molecule has 0 saturated carbocycles. The number of benzene rings is 4. The topological polar surface area (TPSA) is 151 Å². The van der Waals surface area contributed by atoms with Crippen LogP contribution in [0.1, 0.15) is 43.0 Å². The zero-order chi connectivity index (χ0) is 44.3. The van der Waals surface area contributed by atoms with Gasteiger partial charge in [-0.15, -0.1) is 0 Å². The van der Waals surface area contributed by atoms with Crippen molar-refractivity contribution in [1.82, 2.24) is 15.3 Å². The molecule has 63 heavy (non-hydrogen) atoms. The largest absolute Gasteiger partial charge is 0.478 e. The van der Waals surface area contributed by atoms with Crippen LogP contribution in [0.3, 0.4) is 0 Å². The summed E-state index contributed by atoms with van der Waals surface area (Å²) in [5.41, 5.74) is 3.71. The van der Waals surface area contributed by atoms with E-state index in [2.05, 4.69) is 15.3 Å². The number of carboxylic acid groups (broad SMARTS) is 1. The first-order chi connectivity index (χ1) is 30.2. The van der Waals surface area contributed by atoms with Gasteiger partial charge >= 0.3 is 5.97 Å². The van der Waals surface area contributed by atoms with Crippen LogP contribution in [0.2, 0.25) is 5.15 Å². The van der Waals surface area contributed by atoms with Crippen molar-refractivity contribution in [2.24, 2.45) is 0 Å². The van der Waals surface area contributed by atoms with Crippen molar-refractivity contribution in [2.75, 3.05) is 36.8 Å². The fourth-order valence-corrected chi connectivity index (χ4v) is 11.3. The van der Waals surface area contributed by atoms with E-state index in [1.165, 1.54) is 18.2 Å². The van der Waals surface area contributed by atoms with E-state index in [4.69, 9.17) is 22.1 Å². The highest BCUT2D eigenvalue weighted by atomic mass is 35.5. The number of hydrogen-bond acceptors (Lipinski definition) is 8. The number of fused-ring (bicyclic) bond motifs is 2. The number of nitrogen functional groups attached to an aromatic ring is 1. The third-order valence-corrected chi connectivity index (χ3v) is 14.6. The average Bonchev–Trinajstić information content (AvgIpc) is 3.24. The number of aromatic nitrogens is 2. The Hall–Kier alpha value is -6.64. The standard InChI is InChI=1S/C45H33ClF5N6O5P/c46-34-16-35(55-45(52)54-34)62-22-24-8-6-23(7-9-24)17-53-43(58)39-40(49)37(38(44(59)60)41(50)42(39)51)36-30-12-10-27(56-18-25(47)19-56)14-32(30)63(61,29-4-2-1-3-5-29)33-15-28(11-13-31(33)36)57-20-26(48)21-57/h1-16,25-26H,17-22H2,(H3-,52,53,54,55,58,59,60)/p+1. The predicted molar refractivity (Wildman–Crippen MR) is 227 cm³/mol. The summed E-state index contributed by atoms with van der Waals surface area (Å²) in [5, 5.41) is 13.5. The summed E-state index contributed by atoms with van der Waals surface area (Å²) >= 11 is 5.90. The number of anilines is 2. The minimum Gasteiger partial charge on any atom is -0.478 e. The number of alkyl halides is 2. The summed E-state index contributed by atoms with van der Waals surface area (Å²) in [6.07, 6.45) is 2.35. The number of nitrogens with two attached hydrogens (primary N) is 1. The molecule has 1 atom stereocenters. The van der Waals surface area contributed by atoms with E-state index >= 15 is 17.7 Å². The fraction of sp³-hybridized carbons (Fsp3) is 0.178. The van der Waals surface area contributed by atoms with Gasteiger partial charge in [0.15, 0.2) is 31.9 Å². The molecule has 11 nitrogen and oxygen atoms in total. The Morgan fingerprint density at radius 3 is 2.27 bits per heavy atom. The van der Waals surface area contributed by atoms with Crippen molar-refractivity contribution >= 4 is 64.1 Å². The molecule has 18 heteroatoms. The van der Waals surface area contributed by atoms with Gasteiger partial charge in [-0.1, -0.05) is 72.3 Å². The van der Waals surface area contributed by atoms with Gasteiger partial charge in [-0.3, -0.25) is 4.79 Å². The number of amides is 1. The first-order valence-corrected chi connectivity index (χ1v) is 21.6. The van der Waals surface area contributed by atoms with Crippen LogP contribution < -0.4 is 31.3 Å². The lowest BCUT2D eigenvalue weighted by atomic mass is 9.85. The number of allylic oxidation sites excluding steroid dienone is 5. The van der Waals surface area contributed by atoms with E-state index in [0.29, 0.717) is 27.8 Å². The minimum atomic E-state index is -4.02. The molecule has 4 heterocycles. The van der Waals surface area contributed by atoms with Crippen LogP contribution in [0.15, 0.2) is 108 Å². The number of rotatable bonds is 10. The number of carbonyl (C=O) groups is 2. The van der Waals surface area contributed by atoms with Gasteiger partial charge < -0.3 is 30.4 Å². The highest BCUT2D eigenvalue weighted by Gasteiger charge is 2.46. The van der Waals surface area contributed by atoms with Crippen molar-refractivity contribution < 1.29 is 50.5 Å². The zero-order valence-electron chi connectivity index (χ0n) is 32.8. The predicted octanol–water partition coefficient (Wildman–Crippen LogP) is 6.88. The molecule has 3 aliphatic heterocycles. The van der Waals surface area contributed by atoms with Crippen molar-refractivity contribution in [3.63, 3.8) is 0 Å². The molecule has 2 saturated heterocycles. The van der Waals surface area contributed by atoms with Gasteiger partial charge in [-0.25, -0.2) is 36.3 Å². The van der Waals surface area contributed by atoms with Gasteiger partial charge in [0.25, 0.3) is 5.91 Å². The van der Waals surface area contributed by atoms with E-state index in [9.17, 15) is 23.5 Å². The Morgan fingerprint density at radius 2 is 1.60 bits per heavy atom. The average molecular weight is 900 g/mol. The quantitative estimate of drug-likeness (QED) is 0.0448. The monoisotopic (exact) mass is 899 g/mol. The van der Waals surface area contributed by atoms with E-state index in [1.807, 2.05) is 0 Å². The van der Waals surface area contributed by atoms with Crippen LogP contribution >= 0.6 is 18.7 Å². The Bertz CT molecular complexity index is 2910. The molecule has 2 fully saturated rings. The first kappa shape index (κ1) is 41.7. The van der Waals surface area contributed by atoms with Gasteiger partial charge in [0.2, 0.25) is 23.7 Å². The smallest absolute Gasteiger partial charge is 0.339 e. The Morgan fingerprint density at radius 1 is 0.905 bits per heavy atom. The lowest BCUT2D eigenvalue weighted by Crippen LogP contribution is -2.48. The summed E-state index contributed by atoms with van der Waals surface area (Å²) in [6.45, 7) is -0.0701. The number of halogens is 6. The maximum absolute atomic E-state index is 17.4. The lowest BCUT2D eigenvalue weighted by Gasteiger charge is -2.39. The zero-order valence-corrected chi connectivity index (χ0v) is 34.4. The Labute approximate surface area is 361 Å². The number of carboxylic acids is 1. The van der Waals surface area contributed by atoms with Gasteiger partial charge in [0.1, 0.15) is 34.9 Å². The van der Waals surface area contributed by atoms with E-state index in [1.54, 1.807) is 88.4 Å². The second-order valence-electron chi connectivity index (χ2n) is 15.3. The number of nitrogens with zero attached hydrogens (tertiary/aromatic N) is 4. The number of hydrogen-bond donors (Lipinski definition) is 3. The second-order valence-corrected chi connectivity index (χ2v) is 18.4. The summed E-state index contributed by atoms with van der Waals surface area (Å²) < 4.78 is 101. The van der Waals surface area contributed by atoms with Crippen LogP contribution in [0.4, 0.5) is 33.6 Å². The van der Waals surface area contributed by atoms with Gasteiger partial charge in [-0.2, -0.15) is 4.98 Å². The van der Waals surface area contributed by atoms with Crippen molar-refractivity contribution in [1.29, 1.82) is 0 Å². The van der Waals surface area contributed by atoms with Gasteiger partial charge in [0, 0.05) is 57.5 Å². The maximum Gasteiger partial charge on any atom is 0.339 e. The molecule has 4 N–H and O–H groups in total. The molecule has 0 radical (unpaired) electrons. The summed E-state index contributed by atoms with van der Waals surface area (Å²) in [4.78, 5) is 36.1. The molecule has 320 valence electrons. The van der Waals surface area contributed by atoms with Crippen LogP contribution in [-0.2, 0) is 17.7 Å². The summed E-state index contributed by atoms with van der Waals surface area (Å²) in [5.74, 6) is -9.06. The van der Waals surface area contributed by atoms with Gasteiger partial charge in [0.05, 0.1) is 13.1 Å². The van der Waals surface area contributed by atoms with Crippen molar-refractivity contribution in [3.05, 3.63) is 164 Å². The third-order valence-electron chi connectivity index (χ3n) is 11.3. The molecule has 1 aliphatic carbocycles. The number of nitrogens with one attached hydrogen (secondary N) is 1. The second kappa shape index (κ2) is 16.2. The molecule has 0 spiro atoms. The van der Waals surface area contributed by atoms with Crippen molar-refractivity contribution in [2.45, 2.75) is 25.5 Å². The lowest BCUT2D eigenvalue weighted by molar-refractivity contribution is -0.599. The van der Waals surface area contributed by atoms with Crippen LogP contribution in [0, 0.1) is 17.5 Å². The molecule has 1 unspecified atom stereocenters. The molecule has 0 bridgehead atoms. The molecule has 1 amide bonds. The van der Waals surface area contributed by atoms with E-state index in [0.717, 1.165) is 0 Å². The van der Waals surface area contributed by atoms with Crippen LogP contribution in [-0.4, -0.2) is 75.8 Å². The molecular formula is C45H34ClF5N6O5P+. The molecular weight excluding hydrogens is 866 g/mol. The van der Waals surface area contributed by atoms with Gasteiger partial charge in [-0.05, 0) is 40.5 Å². The number of carbonyl (C=O) groups excluding carboxylic acids is 1. The SMILES string of the molecule is Nc1nc(Cl)cc(OCc2ccc(CNC(=O)c3c(F)c(F)c(C(=O)O)c(C4=C5C=CC(=[N+]6CC(F)C6)C=C5P(=O)(c5ccccc5)c5cc(N6CC(F)C6)ccc54)c3F)cc2)n1. The van der Waals surface area contributed by atoms with Crippen molar-refractivity contribution in [3.8, 4) is 5.88 Å². The number of aromatic carboxylic acids is 1. The highest BCUT2D eigenvalue weighted by Crippen LogP contribution is 2.62. The minimum absolute atomic E-state index is 0.0189. The van der Waals surface area contributed by atoms with Crippen LogP contribution in [0.5, 0.6) is 5.88 Å². The third kappa shape index (κ3) is 7.46. The normalized spacial score (nSPS) is 19.2. The van der Waals surface area contributed by atoms with Crippen LogP contribution in [0.25, 0.3) is 5.57 Å².